The third kappa shape index (κ3) is 15.5. The van der Waals surface area contributed by atoms with Crippen molar-refractivity contribution in [1.82, 2.24) is 29.9 Å². The number of halogens is 1. The summed E-state index contributed by atoms with van der Waals surface area (Å²) in [5.74, 6) is 0.871. The monoisotopic (exact) mass is 933 g/mol. The molecule has 1 atom stereocenters. The lowest BCUT2D eigenvalue weighted by Crippen LogP contribution is -2.62. The zero-order chi connectivity index (χ0) is 46.4. The summed E-state index contributed by atoms with van der Waals surface area (Å²) in [6.07, 6.45) is 4.85. The van der Waals surface area contributed by atoms with Crippen LogP contribution in [0.5, 0.6) is 11.6 Å². The molecule has 64 heavy (non-hydrogen) atoms. The molecular weight excluding hydrogens is 870 g/mol. The number of methoxy groups -OCH3 is 1. The first-order valence-electron chi connectivity index (χ1n) is 21.0. The molecule has 4 aromatic rings. The molecule has 0 aliphatic carbocycles. The van der Waals surface area contributed by atoms with E-state index < -0.39 is 26.1 Å². The molecule has 4 N–H and O–H groups in total. The van der Waals surface area contributed by atoms with E-state index in [2.05, 4.69) is 50.8 Å². The average Bonchev–Trinajstić information content (AvgIpc) is 3.68. The first-order chi connectivity index (χ1) is 29.8. The molecule has 2 aliphatic heterocycles. The van der Waals surface area contributed by atoms with Crippen molar-refractivity contribution in [3.63, 3.8) is 0 Å². The van der Waals surface area contributed by atoms with Crippen molar-refractivity contribution in [1.29, 1.82) is 0 Å². The largest absolute Gasteiger partial charge is 0.434 e. The van der Waals surface area contributed by atoms with Crippen LogP contribution in [0.2, 0.25) is 0 Å². The molecule has 20 heteroatoms. The molecule has 6 rings (SSSR count). The van der Waals surface area contributed by atoms with Gasteiger partial charge in [0, 0.05) is 63.9 Å². The van der Waals surface area contributed by atoms with Gasteiger partial charge in [-0.15, -0.1) is 10.2 Å². The number of carbonyl (C=O) groups excluding carboxylic acids is 1. The minimum Gasteiger partial charge on any atom is -0.434 e. The van der Waals surface area contributed by atoms with E-state index in [0.29, 0.717) is 24.3 Å². The average molecular weight is 934 g/mol. The molecule has 0 saturated carbocycles. The topological polar surface area (TPSA) is 227 Å². The van der Waals surface area contributed by atoms with Crippen LogP contribution in [0.25, 0.3) is 0 Å². The standard InChI is InChI=1S/C32H50FN7O3.2C6H6O3S.H2O/c1-8-40(24(4)5)31(41)26-18-25(33)11-12-28(26)43-30-29(34-22-35-36-30)38-15-13-32(19-38)20-39(21-32)27(23(2)3)10-9-14-37(6)16-17-42-7;2*7-10(8,9)6-4-2-1-3-5-6;/h11-12,18,22-24,27H,8-10,13-17,19-21H2,1-7H3;2*1-5H,(H,7,8,9);1H2/t27-;;;/m1.../s1. The lowest BCUT2D eigenvalue weighted by molar-refractivity contribution is -0.0345. The maximum atomic E-state index is 14.3. The third-order valence-electron chi connectivity index (χ3n) is 11.0. The van der Waals surface area contributed by atoms with E-state index in [9.17, 15) is 26.0 Å². The Hall–Kier alpha value is -4.67. The maximum Gasteiger partial charge on any atom is 0.294 e. The Bertz CT molecular complexity index is 2210. The zero-order valence-corrected chi connectivity index (χ0v) is 39.3. The normalized spacial score (nSPS) is 15.1. The highest BCUT2D eigenvalue weighted by Crippen LogP contribution is 2.44. The van der Waals surface area contributed by atoms with E-state index in [4.69, 9.17) is 18.6 Å². The number of carbonyl (C=O) groups is 1. The predicted octanol–water partition coefficient (Wildman–Crippen LogP) is 5.61. The first-order valence-corrected chi connectivity index (χ1v) is 23.8. The zero-order valence-electron chi connectivity index (χ0n) is 37.7. The van der Waals surface area contributed by atoms with Gasteiger partial charge in [0.15, 0.2) is 5.82 Å². The molecule has 2 aliphatic rings. The van der Waals surface area contributed by atoms with Crippen LogP contribution < -0.4 is 9.64 Å². The van der Waals surface area contributed by atoms with Gasteiger partial charge in [-0.3, -0.25) is 18.8 Å². The Balaban J connectivity index is 0.000000423. The summed E-state index contributed by atoms with van der Waals surface area (Å²) in [7, 11) is -4.09. The second-order valence-corrected chi connectivity index (χ2v) is 19.3. The number of hydrogen-bond acceptors (Lipinski definition) is 13. The molecule has 354 valence electrons. The molecule has 3 heterocycles. The second kappa shape index (κ2) is 24.6. The highest BCUT2D eigenvalue weighted by Gasteiger charge is 2.50. The number of aromatic nitrogens is 3. The third-order valence-corrected chi connectivity index (χ3v) is 12.8. The van der Waals surface area contributed by atoms with Crippen molar-refractivity contribution in [2.24, 2.45) is 11.3 Å². The van der Waals surface area contributed by atoms with Crippen molar-refractivity contribution in [3.05, 3.63) is 96.6 Å². The van der Waals surface area contributed by atoms with Crippen LogP contribution in [0.4, 0.5) is 10.2 Å². The van der Waals surface area contributed by atoms with Gasteiger partial charge in [-0.2, -0.15) is 16.8 Å². The summed E-state index contributed by atoms with van der Waals surface area (Å²) >= 11 is 0. The van der Waals surface area contributed by atoms with Crippen molar-refractivity contribution in [2.75, 3.05) is 71.5 Å². The van der Waals surface area contributed by atoms with Crippen LogP contribution in [0.3, 0.4) is 0 Å². The number of likely N-dealkylation sites (tertiary alicyclic amines) is 1. The van der Waals surface area contributed by atoms with E-state index in [1.807, 2.05) is 20.8 Å². The van der Waals surface area contributed by atoms with E-state index in [-0.39, 0.29) is 49.8 Å². The van der Waals surface area contributed by atoms with Gasteiger partial charge in [-0.05, 0) is 102 Å². The quantitative estimate of drug-likeness (QED) is 0.123. The van der Waals surface area contributed by atoms with Crippen molar-refractivity contribution >= 4 is 32.0 Å². The van der Waals surface area contributed by atoms with Crippen molar-refractivity contribution < 1.29 is 50.1 Å². The maximum absolute atomic E-state index is 14.3. The summed E-state index contributed by atoms with van der Waals surface area (Å²) in [5, 5.41) is 8.21. The molecule has 17 nitrogen and oxygen atoms in total. The van der Waals surface area contributed by atoms with Gasteiger partial charge in [0.25, 0.3) is 32.0 Å². The van der Waals surface area contributed by atoms with Gasteiger partial charge >= 0.3 is 0 Å². The van der Waals surface area contributed by atoms with Crippen LogP contribution in [0.15, 0.2) is 95.0 Å². The first kappa shape index (κ1) is 53.7. The molecule has 2 saturated heterocycles. The Labute approximate surface area is 377 Å². The Morgan fingerprint density at radius 1 is 0.906 bits per heavy atom. The molecule has 1 aromatic heterocycles. The fourth-order valence-corrected chi connectivity index (χ4v) is 8.78. The van der Waals surface area contributed by atoms with Gasteiger partial charge < -0.3 is 29.6 Å². The van der Waals surface area contributed by atoms with Crippen LogP contribution in [-0.4, -0.2) is 146 Å². The minimum absolute atomic E-state index is 0. The number of ether oxygens (including phenoxy) is 2. The van der Waals surface area contributed by atoms with E-state index >= 15 is 0 Å². The number of anilines is 1. The van der Waals surface area contributed by atoms with E-state index in [0.717, 1.165) is 52.3 Å². The van der Waals surface area contributed by atoms with Crippen LogP contribution >= 0.6 is 0 Å². The molecule has 0 bridgehead atoms. The smallest absolute Gasteiger partial charge is 0.294 e. The second-order valence-electron chi connectivity index (χ2n) is 16.4. The lowest BCUT2D eigenvalue weighted by atomic mass is 9.76. The number of nitrogens with zero attached hydrogens (tertiary/aromatic N) is 7. The fraction of sp³-hybridized carbons (Fsp3) is 0.500. The van der Waals surface area contributed by atoms with Crippen LogP contribution in [0.1, 0.15) is 64.2 Å². The van der Waals surface area contributed by atoms with E-state index in [1.165, 1.54) is 61.6 Å². The van der Waals surface area contributed by atoms with Crippen LogP contribution in [0, 0.1) is 17.2 Å². The van der Waals surface area contributed by atoms with Crippen molar-refractivity contribution in [3.8, 4) is 11.6 Å². The molecule has 2 fully saturated rings. The van der Waals surface area contributed by atoms with E-state index in [1.54, 1.807) is 48.4 Å². The molecule has 1 spiro atoms. The number of rotatable bonds is 17. The summed E-state index contributed by atoms with van der Waals surface area (Å²) in [4.78, 5) is 26.6. The number of likely N-dealkylation sites (N-methyl/N-ethyl adjacent to an activating group) is 1. The van der Waals surface area contributed by atoms with Crippen molar-refractivity contribution in [2.45, 2.75) is 75.8 Å². The fourth-order valence-electron chi connectivity index (χ4n) is 7.78. The lowest BCUT2D eigenvalue weighted by Gasteiger charge is -2.53. The van der Waals surface area contributed by atoms with Gasteiger partial charge in [0.1, 0.15) is 17.9 Å². The molecular formula is C44H64FN7O10S2. The predicted molar refractivity (Wildman–Crippen MR) is 242 cm³/mol. The highest BCUT2D eigenvalue weighted by molar-refractivity contribution is 7.86. The molecule has 0 unspecified atom stereocenters. The Kier molecular flexibility index (Phi) is 20.6. The number of benzene rings is 3. The van der Waals surface area contributed by atoms with Gasteiger partial charge in [0.2, 0.25) is 0 Å². The van der Waals surface area contributed by atoms with Gasteiger partial charge in [-0.25, -0.2) is 9.37 Å². The van der Waals surface area contributed by atoms with Gasteiger partial charge in [-0.1, -0.05) is 50.2 Å². The van der Waals surface area contributed by atoms with Crippen LogP contribution in [-0.2, 0) is 25.0 Å². The number of hydrogen-bond donors (Lipinski definition) is 2. The Morgan fingerprint density at radius 2 is 1.50 bits per heavy atom. The summed E-state index contributed by atoms with van der Waals surface area (Å²) in [6, 6.07) is 19.4. The summed E-state index contributed by atoms with van der Waals surface area (Å²) < 4.78 is 84.1. The molecule has 0 radical (unpaired) electrons. The highest BCUT2D eigenvalue weighted by atomic mass is 32.2. The minimum atomic E-state index is -4.00. The SMILES string of the molecule is CCN(C(=O)c1cc(F)ccc1Oc1nncnc1N1CCC2(C1)CN([C@H](CCCN(C)CCOC)C(C)C)C2)C(C)C.O.O=S(=O)(O)c1ccccc1.O=S(=O)(O)c1ccccc1. The number of amides is 1. The molecule has 1 amide bonds. The Morgan fingerprint density at radius 3 is 2.00 bits per heavy atom. The van der Waals surface area contributed by atoms with Gasteiger partial charge in [0.05, 0.1) is 22.0 Å². The summed E-state index contributed by atoms with van der Waals surface area (Å²) in [6.45, 7) is 17.6. The molecule has 3 aromatic carbocycles. The summed E-state index contributed by atoms with van der Waals surface area (Å²) in [5.41, 5.74) is 0.366.